The Kier molecular flexibility index (Phi) is 6.28. The zero-order valence-electron chi connectivity index (χ0n) is 11.2. The number of nitrogens with zero attached hydrogens (tertiary/aromatic N) is 3. The van der Waals surface area contributed by atoms with Crippen molar-refractivity contribution in [3.05, 3.63) is 0 Å². The molecule has 1 amide bonds. The quantitative estimate of drug-likeness (QED) is 0.709. The molecule has 0 saturated carbocycles. The van der Waals surface area contributed by atoms with E-state index in [4.69, 9.17) is 10.5 Å². The highest BCUT2D eigenvalue weighted by Crippen LogP contribution is 2.23. The van der Waals surface area contributed by atoms with Gasteiger partial charge in [0.2, 0.25) is 5.91 Å². The molecule has 0 bridgehead atoms. The second-order valence-corrected chi connectivity index (χ2v) is 4.85. The lowest BCUT2D eigenvalue weighted by Crippen LogP contribution is -2.43. The van der Waals surface area contributed by atoms with E-state index < -0.39 is 5.41 Å². The molecule has 0 saturated heterocycles. The molecule has 0 aromatic carbocycles. The van der Waals surface area contributed by atoms with Crippen molar-refractivity contribution in [2.45, 2.75) is 40.5 Å². The van der Waals surface area contributed by atoms with Crippen LogP contribution in [0.4, 0.5) is 0 Å². The number of nitriles is 2. The largest absolute Gasteiger partial charge is 0.340 e. The molecule has 0 N–H and O–H groups in total. The molecule has 0 spiro atoms. The molecule has 0 heterocycles. The minimum absolute atomic E-state index is 0.161. The molecule has 0 aliphatic carbocycles. The van der Waals surface area contributed by atoms with Crippen molar-refractivity contribution in [2.24, 2.45) is 11.3 Å². The van der Waals surface area contributed by atoms with Crippen molar-refractivity contribution in [3.8, 4) is 12.1 Å². The van der Waals surface area contributed by atoms with Crippen LogP contribution in [0.3, 0.4) is 0 Å². The third kappa shape index (κ3) is 4.44. The fourth-order valence-corrected chi connectivity index (χ4v) is 1.53. The fourth-order valence-electron chi connectivity index (χ4n) is 1.53. The van der Waals surface area contributed by atoms with Gasteiger partial charge in [0.05, 0.1) is 18.6 Å². The number of hydrogen-bond donors (Lipinski definition) is 0. The standard InChI is InChI=1S/C13H21N3O/c1-5-13(4,10-15)12(17)16(8-6-7-14)9-11(2)3/h11H,5-6,8-9H2,1-4H3. The van der Waals surface area contributed by atoms with Crippen molar-refractivity contribution in [2.75, 3.05) is 13.1 Å². The first-order chi connectivity index (χ1) is 7.91. The third-order valence-corrected chi connectivity index (χ3v) is 2.79. The Labute approximate surface area is 104 Å². The predicted molar refractivity (Wildman–Crippen MR) is 65.7 cm³/mol. The zero-order valence-corrected chi connectivity index (χ0v) is 11.2. The summed E-state index contributed by atoms with van der Waals surface area (Å²) in [5.74, 6) is 0.170. The first kappa shape index (κ1) is 15.4. The third-order valence-electron chi connectivity index (χ3n) is 2.79. The van der Waals surface area contributed by atoms with Crippen LogP contribution in [-0.4, -0.2) is 23.9 Å². The Bertz CT molecular complexity index is 338. The van der Waals surface area contributed by atoms with E-state index in [2.05, 4.69) is 6.07 Å². The van der Waals surface area contributed by atoms with E-state index in [-0.39, 0.29) is 5.91 Å². The molecule has 94 valence electrons. The SMILES string of the molecule is CCC(C)(C#N)C(=O)N(CCC#N)CC(C)C. The normalized spacial score (nSPS) is 13.6. The minimum Gasteiger partial charge on any atom is -0.340 e. The topological polar surface area (TPSA) is 67.9 Å². The van der Waals surface area contributed by atoms with Crippen LogP contribution >= 0.6 is 0 Å². The maximum Gasteiger partial charge on any atom is 0.242 e. The summed E-state index contributed by atoms with van der Waals surface area (Å²) >= 11 is 0. The summed E-state index contributed by atoms with van der Waals surface area (Å²) < 4.78 is 0. The average molecular weight is 235 g/mol. The Morgan fingerprint density at radius 2 is 2.00 bits per heavy atom. The van der Waals surface area contributed by atoms with Crippen LogP contribution in [0.15, 0.2) is 0 Å². The van der Waals surface area contributed by atoms with Gasteiger partial charge < -0.3 is 4.90 Å². The lowest BCUT2D eigenvalue weighted by molar-refractivity contribution is -0.139. The minimum atomic E-state index is -0.968. The van der Waals surface area contributed by atoms with Crippen LogP contribution < -0.4 is 0 Å². The molecule has 4 nitrogen and oxygen atoms in total. The predicted octanol–water partition coefficient (Wildman–Crippen LogP) is 2.32. The van der Waals surface area contributed by atoms with Gasteiger partial charge in [-0.15, -0.1) is 0 Å². The second-order valence-electron chi connectivity index (χ2n) is 4.85. The van der Waals surface area contributed by atoms with Crippen LogP contribution in [0.5, 0.6) is 0 Å². The van der Waals surface area contributed by atoms with E-state index in [1.165, 1.54) is 0 Å². The van der Waals surface area contributed by atoms with Gasteiger partial charge in [0.15, 0.2) is 0 Å². The van der Waals surface area contributed by atoms with E-state index >= 15 is 0 Å². The van der Waals surface area contributed by atoms with Crippen LogP contribution in [-0.2, 0) is 4.79 Å². The van der Waals surface area contributed by atoms with Crippen molar-refractivity contribution in [1.29, 1.82) is 10.5 Å². The molecule has 0 aliphatic heterocycles. The second kappa shape index (κ2) is 6.91. The maximum absolute atomic E-state index is 12.3. The van der Waals surface area contributed by atoms with Gasteiger partial charge in [0, 0.05) is 13.1 Å². The van der Waals surface area contributed by atoms with Crippen LogP contribution in [0.1, 0.15) is 40.5 Å². The Morgan fingerprint density at radius 3 is 2.35 bits per heavy atom. The molecular formula is C13H21N3O. The van der Waals surface area contributed by atoms with E-state index in [0.29, 0.717) is 31.8 Å². The highest BCUT2D eigenvalue weighted by Gasteiger charge is 2.35. The van der Waals surface area contributed by atoms with E-state index in [1.54, 1.807) is 11.8 Å². The molecule has 0 fully saturated rings. The molecule has 0 aromatic heterocycles. The molecule has 1 atom stereocenters. The molecule has 1 unspecified atom stereocenters. The highest BCUT2D eigenvalue weighted by atomic mass is 16.2. The molecule has 0 rings (SSSR count). The summed E-state index contributed by atoms with van der Waals surface area (Å²) in [5, 5.41) is 17.7. The molecule has 17 heavy (non-hydrogen) atoms. The summed E-state index contributed by atoms with van der Waals surface area (Å²) in [6.45, 7) is 8.53. The molecule has 0 aliphatic rings. The van der Waals surface area contributed by atoms with Crippen molar-refractivity contribution >= 4 is 5.91 Å². The highest BCUT2D eigenvalue weighted by molar-refractivity contribution is 5.85. The first-order valence-corrected chi connectivity index (χ1v) is 5.98. The van der Waals surface area contributed by atoms with Crippen LogP contribution in [0, 0.1) is 34.0 Å². The summed E-state index contributed by atoms with van der Waals surface area (Å²) in [7, 11) is 0. The first-order valence-electron chi connectivity index (χ1n) is 5.98. The van der Waals surface area contributed by atoms with Gasteiger partial charge in [0.25, 0.3) is 0 Å². The van der Waals surface area contributed by atoms with Gasteiger partial charge in [-0.2, -0.15) is 10.5 Å². The number of amides is 1. The molecular weight excluding hydrogens is 214 g/mol. The van der Waals surface area contributed by atoms with E-state index in [9.17, 15) is 4.79 Å². The number of rotatable bonds is 6. The van der Waals surface area contributed by atoms with Crippen LogP contribution in [0.25, 0.3) is 0 Å². The van der Waals surface area contributed by atoms with E-state index in [0.717, 1.165) is 0 Å². The number of carbonyl (C=O) groups excluding carboxylic acids is 1. The maximum atomic E-state index is 12.3. The molecule has 0 aromatic rings. The smallest absolute Gasteiger partial charge is 0.242 e. The Hall–Kier alpha value is -1.55. The fraction of sp³-hybridized carbons (Fsp3) is 0.769. The average Bonchev–Trinajstić information content (AvgIpc) is 2.32. The zero-order chi connectivity index (χ0) is 13.5. The van der Waals surface area contributed by atoms with Crippen molar-refractivity contribution < 1.29 is 4.79 Å². The van der Waals surface area contributed by atoms with Gasteiger partial charge in [-0.3, -0.25) is 4.79 Å². The number of hydrogen-bond acceptors (Lipinski definition) is 3. The summed E-state index contributed by atoms with van der Waals surface area (Å²) in [4.78, 5) is 13.9. The van der Waals surface area contributed by atoms with Gasteiger partial charge in [-0.05, 0) is 19.3 Å². The number of carbonyl (C=O) groups is 1. The van der Waals surface area contributed by atoms with Gasteiger partial charge in [-0.25, -0.2) is 0 Å². The Morgan fingerprint density at radius 1 is 1.41 bits per heavy atom. The Balaban J connectivity index is 4.86. The summed E-state index contributed by atoms with van der Waals surface area (Å²) in [6.07, 6.45) is 0.799. The van der Waals surface area contributed by atoms with Crippen molar-refractivity contribution in [3.63, 3.8) is 0 Å². The summed E-state index contributed by atoms with van der Waals surface area (Å²) in [5.41, 5.74) is -0.968. The van der Waals surface area contributed by atoms with Gasteiger partial charge in [-0.1, -0.05) is 20.8 Å². The van der Waals surface area contributed by atoms with Crippen molar-refractivity contribution in [1.82, 2.24) is 4.90 Å². The summed E-state index contributed by atoms with van der Waals surface area (Å²) in [6, 6.07) is 4.12. The van der Waals surface area contributed by atoms with Crippen LogP contribution in [0.2, 0.25) is 0 Å². The monoisotopic (exact) mass is 235 g/mol. The lowest BCUT2D eigenvalue weighted by atomic mass is 9.87. The molecule has 4 heteroatoms. The van der Waals surface area contributed by atoms with Gasteiger partial charge >= 0.3 is 0 Å². The molecule has 0 radical (unpaired) electrons. The van der Waals surface area contributed by atoms with Gasteiger partial charge in [0.1, 0.15) is 5.41 Å². The van der Waals surface area contributed by atoms with E-state index in [1.807, 2.05) is 26.8 Å². The lowest BCUT2D eigenvalue weighted by Gasteiger charge is -2.30.